The van der Waals surface area contributed by atoms with Crippen LogP contribution in [0.1, 0.15) is 0 Å². The molecule has 262 valence electrons. The molecule has 0 radical (unpaired) electrons. The molecule has 0 spiro atoms. The maximum Gasteiger partial charge on any atom is 0.135 e. The Hall–Kier alpha value is -7.56. The molecular formula is C52H32N2O2. The van der Waals surface area contributed by atoms with Crippen LogP contribution in [0.15, 0.2) is 203 Å². The molecule has 2 heterocycles. The molecule has 0 bridgehead atoms. The van der Waals surface area contributed by atoms with Gasteiger partial charge in [-0.05, 0) is 106 Å². The van der Waals surface area contributed by atoms with E-state index in [1.165, 1.54) is 32.3 Å². The van der Waals surface area contributed by atoms with Gasteiger partial charge in [-0.15, -0.1) is 0 Å². The third-order valence-corrected chi connectivity index (χ3v) is 11.4. The van der Waals surface area contributed by atoms with Crippen LogP contribution < -0.4 is 9.80 Å². The molecule has 10 aromatic carbocycles. The van der Waals surface area contributed by atoms with E-state index in [-0.39, 0.29) is 0 Å². The molecule has 12 aromatic rings. The zero-order valence-corrected chi connectivity index (χ0v) is 30.2. The molecule has 0 saturated heterocycles. The Morgan fingerprint density at radius 3 is 1.14 bits per heavy atom. The first-order chi connectivity index (χ1) is 27.8. The van der Waals surface area contributed by atoms with Crippen molar-refractivity contribution in [2.75, 3.05) is 9.80 Å². The second-order valence-corrected chi connectivity index (χ2v) is 14.5. The second-order valence-electron chi connectivity index (χ2n) is 14.5. The lowest BCUT2D eigenvalue weighted by Crippen LogP contribution is -2.11. The minimum Gasteiger partial charge on any atom is -0.456 e. The highest BCUT2D eigenvalue weighted by atomic mass is 16.3. The van der Waals surface area contributed by atoms with Crippen molar-refractivity contribution in [3.05, 3.63) is 194 Å². The summed E-state index contributed by atoms with van der Waals surface area (Å²) in [4.78, 5) is 4.77. The first kappa shape index (κ1) is 30.9. The maximum absolute atomic E-state index is 6.30. The van der Waals surface area contributed by atoms with Gasteiger partial charge < -0.3 is 18.6 Å². The first-order valence-electron chi connectivity index (χ1n) is 19.0. The molecule has 2 aromatic heterocycles. The van der Waals surface area contributed by atoms with Crippen LogP contribution in [-0.4, -0.2) is 0 Å². The van der Waals surface area contributed by atoms with Crippen LogP contribution in [-0.2, 0) is 0 Å². The molecule has 0 unspecified atom stereocenters. The molecule has 0 amide bonds. The largest absolute Gasteiger partial charge is 0.456 e. The van der Waals surface area contributed by atoms with Crippen molar-refractivity contribution in [1.82, 2.24) is 0 Å². The predicted octanol–water partition coefficient (Wildman–Crippen LogP) is 15.3. The number of nitrogens with zero attached hydrogens (tertiary/aromatic N) is 2. The van der Waals surface area contributed by atoms with Gasteiger partial charge in [-0.1, -0.05) is 109 Å². The zero-order valence-electron chi connectivity index (χ0n) is 30.2. The monoisotopic (exact) mass is 716 g/mol. The molecule has 4 heteroatoms. The minimum absolute atomic E-state index is 0.871. The number of hydrogen-bond acceptors (Lipinski definition) is 4. The summed E-state index contributed by atoms with van der Waals surface area (Å²) >= 11 is 0. The van der Waals surface area contributed by atoms with Gasteiger partial charge in [-0.3, -0.25) is 0 Å². The van der Waals surface area contributed by atoms with E-state index >= 15 is 0 Å². The van der Waals surface area contributed by atoms with E-state index in [0.29, 0.717) is 0 Å². The van der Waals surface area contributed by atoms with E-state index in [1.807, 2.05) is 24.3 Å². The van der Waals surface area contributed by atoms with Gasteiger partial charge in [-0.25, -0.2) is 0 Å². The van der Waals surface area contributed by atoms with Crippen LogP contribution >= 0.6 is 0 Å². The number of benzene rings is 10. The van der Waals surface area contributed by atoms with E-state index in [1.54, 1.807) is 0 Å². The molecule has 56 heavy (non-hydrogen) atoms. The van der Waals surface area contributed by atoms with Gasteiger partial charge in [0, 0.05) is 55.1 Å². The molecule has 0 N–H and O–H groups in total. The standard InChI is InChI=1S/C52H32N2O2/c1-3-11-35(12-4-1)53(36-13-5-2-6-14-36)45-27-21-33-20-26-42-46(28-22-34-19-25-41(45)51(33)52(34)42)54(37-23-29-49-43(31-37)39-15-7-9-17-47(39)55-49)38-24-30-50-44(32-38)40-16-8-10-18-48(40)56-50/h1-32H. The average molecular weight is 717 g/mol. The Kier molecular flexibility index (Phi) is 6.60. The van der Waals surface area contributed by atoms with Crippen molar-refractivity contribution >= 4 is 110 Å². The Morgan fingerprint density at radius 1 is 0.268 bits per heavy atom. The zero-order chi connectivity index (χ0) is 36.7. The van der Waals surface area contributed by atoms with Crippen molar-refractivity contribution < 1.29 is 8.83 Å². The fourth-order valence-electron chi connectivity index (χ4n) is 8.88. The Morgan fingerprint density at radius 2 is 0.661 bits per heavy atom. The van der Waals surface area contributed by atoms with Gasteiger partial charge in [-0.2, -0.15) is 0 Å². The number of hydrogen-bond donors (Lipinski definition) is 0. The van der Waals surface area contributed by atoms with Crippen LogP contribution in [0.3, 0.4) is 0 Å². The summed E-state index contributed by atoms with van der Waals surface area (Å²) in [5.74, 6) is 0. The third-order valence-electron chi connectivity index (χ3n) is 11.4. The minimum atomic E-state index is 0.871. The number of para-hydroxylation sites is 4. The lowest BCUT2D eigenvalue weighted by Gasteiger charge is -2.29. The quantitative estimate of drug-likeness (QED) is 0.160. The third kappa shape index (κ3) is 4.60. The molecular weight excluding hydrogens is 685 g/mol. The smallest absolute Gasteiger partial charge is 0.135 e. The lowest BCUT2D eigenvalue weighted by molar-refractivity contribution is 0.668. The Balaban J connectivity index is 1.13. The van der Waals surface area contributed by atoms with Crippen LogP contribution in [0.4, 0.5) is 34.1 Å². The molecule has 0 atom stereocenters. The van der Waals surface area contributed by atoms with Gasteiger partial charge in [0.25, 0.3) is 0 Å². The summed E-state index contributed by atoms with van der Waals surface area (Å²) in [5, 5.41) is 11.7. The SMILES string of the molecule is c1ccc(N(c2ccccc2)c2ccc3ccc4c(N(c5ccc6oc7ccccc7c6c5)c5ccc6oc7ccccc7c6c5)ccc5ccc2c3c54)cc1. The summed E-state index contributed by atoms with van der Waals surface area (Å²) in [6.45, 7) is 0. The molecule has 0 aliphatic heterocycles. The normalized spacial score (nSPS) is 11.9. The predicted molar refractivity (Wildman–Crippen MR) is 234 cm³/mol. The summed E-state index contributed by atoms with van der Waals surface area (Å²) in [6, 6.07) is 69.2. The van der Waals surface area contributed by atoms with Crippen LogP contribution in [0, 0.1) is 0 Å². The lowest BCUT2D eigenvalue weighted by atomic mass is 9.91. The number of anilines is 6. The highest BCUT2D eigenvalue weighted by Crippen LogP contribution is 2.48. The molecule has 0 saturated carbocycles. The fourth-order valence-corrected chi connectivity index (χ4v) is 8.88. The van der Waals surface area contributed by atoms with Gasteiger partial charge in [0.1, 0.15) is 22.3 Å². The summed E-state index contributed by atoms with van der Waals surface area (Å²) in [6.07, 6.45) is 0. The maximum atomic E-state index is 6.30. The summed E-state index contributed by atoms with van der Waals surface area (Å²) in [7, 11) is 0. The second kappa shape index (κ2) is 12.0. The van der Waals surface area contributed by atoms with Crippen molar-refractivity contribution in [3.63, 3.8) is 0 Å². The van der Waals surface area contributed by atoms with Gasteiger partial charge >= 0.3 is 0 Å². The molecule has 4 nitrogen and oxygen atoms in total. The molecule has 0 fully saturated rings. The Bertz CT molecular complexity index is 3280. The molecule has 0 aliphatic rings. The first-order valence-corrected chi connectivity index (χ1v) is 19.0. The van der Waals surface area contributed by atoms with Crippen LogP contribution in [0.25, 0.3) is 76.2 Å². The molecule has 12 rings (SSSR count). The van der Waals surface area contributed by atoms with Crippen molar-refractivity contribution in [2.45, 2.75) is 0 Å². The highest BCUT2D eigenvalue weighted by Gasteiger charge is 2.23. The van der Waals surface area contributed by atoms with Crippen molar-refractivity contribution in [1.29, 1.82) is 0 Å². The molecule has 0 aliphatic carbocycles. The number of furan rings is 2. The van der Waals surface area contributed by atoms with Gasteiger partial charge in [0.15, 0.2) is 0 Å². The highest BCUT2D eigenvalue weighted by molar-refractivity contribution is 6.28. The average Bonchev–Trinajstić information content (AvgIpc) is 3.82. The van der Waals surface area contributed by atoms with Crippen LogP contribution in [0.2, 0.25) is 0 Å². The van der Waals surface area contributed by atoms with E-state index < -0.39 is 0 Å². The Labute approximate surface area is 322 Å². The van der Waals surface area contributed by atoms with Crippen molar-refractivity contribution in [2.24, 2.45) is 0 Å². The van der Waals surface area contributed by atoms with E-state index in [2.05, 4.69) is 180 Å². The number of rotatable bonds is 6. The van der Waals surface area contributed by atoms with E-state index in [0.717, 1.165) is 78.0 Å². The van der Waals surface area contributed by atoms with Crippen LogP contribution in [0.5, 0.6) is 0 Å². The van der Waals surface area contributed by atoms with Crippen molar-refractivity contribution in [3.8, 4) is 0 Å². The fraction of sp³-hybridized carbons (Fsp3) is 0. The number of fused-ring (bicyclic) bond motifs is 6. The topological polar surface area (TPSA) is 32.8 Å². The summed E-state index contributed by atoms with van der Waals surface area (Å²) < 4.78 is 12.6. The van der Waals surface area contributed by atoms with Gasteiger partial charge in [0.2, 0.25) is 0 Å². The van der Waals surface area contributed by atoms with Gasteiger partial charge in [0.05, 0.1) is 11.4 Å². The van der Waals surface area contributed by atoms with E-state index in [4.69, 9.17) is 8.83 Å². The van der Waals surface area contributed by atoms with E-state index in [9.17, 15) is 0 Å². The summed E-state index contributed by atoms with van der Waals surface area (Å²) in [5.41, 5.74) is 10.1.